The van der Waals surface area contributed by atoms with Crippen LogP contribution >= 0.6 is 0 Å². The average Bonchev–Trinajstić information content (AvgIpc) is 3.60. The lowest BCUT2D eigenvalue weighted by atomic mass is 9.89. The summed E-state index contributed by atoms with van der Waals surface area (Å²) in [5.74, 6) is 0.0859. The van der Waals surface area contributed by atoms with Crippen LogP contribution in [0.25, 0.3) is 21.8 Å². The second-order valence-electron chi connectivity index (χ2n) is 10.1. The molecule has 5 aromatic rings. The molecular formula is C31H31N5O2. The Labute approximate surface area is 221 Å². The number of pyridine rings is 1. The first-order chi connectivity index (χ1) is 18.6. The van der Waals surface area contributed by atoms with E-state index >= 15 is 0 Å². The van der Waals surface area contributed by atoms with E-state index in [9.17, 15) is 9.59 Å². The van der Waals surface area contributed by atoms with Crippen molar-refractivity contribution in [2.45, 2.75) is 32.1 Å². The molecule has 2 amide bonds. The molecule has 1 fully saturated rings. The highest BCUT2D eigenvalue weighted by atomic mass is 16.2. The molecule has 3 aromatic heterocycles. The van der Waals surface area contributed by atoms with Gasteiger partial charge in [0.2, 0.25) is 0 Å². The van der Waals surface area contributed by atoms with Crippen LogP contribution in [0.5, 0.6) is 0 Å². The Balaban J connectivity index is 1.12. The fraction of sp³-hybridized carbons (Fsp3) is 0.258. The van der Waals surface area contributed by atoms with Gasteiger partial charge in [-0.1, -0.05) is 30.3 Å². The fourth-order valence-corrected chi connectivity index (χ4v) is 5.61. The number of aromatic nitrogens is 3. The summed E-state index contributed by atoms with van der Waals surface area (Å²) >= 11 is 0. The Hall–Kier alpha value is -4.39. The van der Waals surface area contributed by atoms with Crippen molar-refractivity contribution in [2.24, 2.45) is 0 Å². The molecule has 0 spiro atoms. The Bertz CT molecular complexity index is 1620. The SMILES string of the molecule is Cc1ccc(C(=O)NCCc2c[nH]c3ccccc23)c(C2CCN(C(=O)c3cccc4cc[nH]c34)CC2)n1. The van der Waals surface area contributed by atoms with E-state index in [2.05, 4.69) is 27.4 Å². The summed E-state index contributed by atoms with van der Waals surface area (Å²) in [5.41, 5.74) is 6.25. The number of likely N-dealkylation sites (tertiary alicyclic amines) is 1. The van der Waals surface area contributed by atoms with Crippen LogP contribution < -0.4 is 5.32 Å². The van der Waals surface area contributed by atoms with Crippen LogP contribution in [-0.2, 0) is 6.42 Å². The van der Waals surface area contributed by atoms with Gasteiger partial charge in [-0.15, -0.1) is 0 Å². The van der Waals surface area contributed by atoms with Crippen LogP contribution in [-0.4, -0.2) is 51.3 Å². The standard InChI is InChI=1S/C31H31N5O2/c1-20-9-10-25(30(37)33-16-12-23-19-34-27-8-3-2-6-24(23)27)29(35-20)22-13-17-36(18-14-22)31(38)26-7-4-5-21-11-15-32-28(21)26/h2-11,15,19,22,32,34H,12-14,16-18H2,1H3,(H,33,37). The molecular weight excluding hydrogens is 474 g/mol. The molecule has 6 rings (SSSR count). The molecule has 38 heavy (non-hydrogen) atoms. The Morgan fingerprint density at radius 3 is 2.68 bits per heavy atom. The number of amides is 2. The molecule has 0 atom stereocenters. The number of piperidine rings is 1. The van der Waals surface area contributed by atoms with Gasteiger partial charge < -0.3 is 20.2 Å². The van der Waals surface area contributed by atoms with Crippen LogP contribution in [0.4, 0.5) is 0 Å². The van der Waals surface area contributed by atoms with Gasteiger partial charge in [0.15, 0.2) is 0 Å². The zero-order valence-corrected chi connectivity index (χ0v) is 21.5. The molecule has 0 bridgehead atoms. The van der Waals surface area contributed by atoms with E-state index in [0.29, 0.717) is 30.8 Å². The zero-order valence-electron chi connectivity index (χ0n) is 21.5. The number of aromatic amines is 2. The van der Waals surface area contributed by atoms with Crippen molar-refractivity contribution in [3.05, 3.63) is 101 Å². The minimum Gasteiger partial charge on any atom is -0.361 e. The minimum atomic E-state index is -0.0933. The van der Waals surface area contributed by atoms with Crippen LogP contribution in [0.15, 0.2) is 73.1 Å². The highest BCUT2D eigenvalue weighted by Crippen LogP contribution is 2.31. The molecule has 1 aliphatic rings. The van der Waals surface area contributed by atoms with E-state index in [0.717, 1.165) is 47.1 Å². The summed E-state index contributed by atoms with van der Waals surface area (Å²) in [6.07, 6.45) is 6.18. The highest BCUT2D eigenvalue weighted by Gasteiger charge is 2.29. The summed E-state index contributed by atoms with van der Waals surface area (Å²) < 4.78 is 0. The number of benzene rings is 2. The van der Waals surface area contributed by atoms with Crippen molar-refractivity contribution < 1.29 is 9.59 Å². The Morgan fingerprint density at radius 1 is 0.974 bits per heavy atom. The maximum Gasteiger partial charge on any atom is 0.255 e. The second-order valence-corrected chi connectivity index (χ2v) is 10.1. The first-order valence-corrected chi connectivity index (χ1v) is 13.2. The van der Waals surface area contributed by atoms with Crippen molar-refractivity contribution >= 4 is 33.6 Å². The molecule has 3 N–H and O–H groups in total. The number of rotatable bonds is 6. The highest BCUT2D eigenvalue weighted by molar-refractivity contribution is 6.05. The molecule has 7 heteroatoms. The fourth-order valence-electron chi connectivity index (χ4n) is 5.61. The zero-order chi connectivity index (χ0) is 26.1. The third-order valence-electron chi connectivity index (χ3n) is 7.65. The quantitative estimate of drug-likeness (QED) is 0.291. The van der Waals surface area contributed by atoms with Crippen molar-refractivity contribution in [3.8, 4) is 0 Å². The smallest absolute Gasteiger partial charge is 0.255 e. The maximum atomic E-state index is 13.3. The lowest BCUT2D eigenvalue weighted by Crippen LogP contribution is -2.38. The normalized spacial score (nSPS) is 14.3. The first-order valence-electron chi connectivity index (χ1n) is 13.2. The molecule has 0 aliphatic carbocycles. The van der Waals surface area contributed by atoms with Crippen LogP contribution in [0.3, 0.4) is 0 Å². The number of aryl methyl sites for hydroxylation is 1. The number of hydrogen-bond acceptors (Lipinski definition) is 3. The molecule has 192 valence electrons. The number of H-pyrrole nitrogens is 2. The summed E-state index contributed by atoms with van der Waals surface area (Å²) in [7, 11) is 0. The summed E-state index contributed by atoms with van der Waals surface area (Å²) in [4.78, 5) is 39.8. The predicted molar refractivity (Wildman–Crippen MR) is 149 cm³/mol. The van der Waals surface area contributed by atoms with Crippen molar-refractivity contribution in [1.82, 2.24) is 25.2 Å². The summed E-state index contributed by atoms with van der Waals surface area (Å²) in [5, 5.41) is 5.33. The molecule has 4 heterocycles. The summed E-state index contributed by atoms with van der Waals surface area (Å²) in [6, 6.07) is 19.8. The topological polar surface area (TPSA) is 93.9 Å². The number of hydrogen-bond donors (Lipinski definition) is 3. The monoisotopic (exact) mass is 505 g/mol. The van der Waals surface area contributed by atoms with Crippen molar-refractivity contribution in [3.63, 3.8) is 0 Å². The van der Waals surface area contributed by atoms with Crippen molar-refractivity contribution in [1.29, 1.82) is 0 Å². The van der Waals surface area contributed by atoms with Gasteiger partial charge >= 0.3 is 0 Å². The lowest BCUT2D eigenvalue weighted by Gasteiger charge is -2.32. The molecule has 7 nitrogen and oxygen atoms in total. The predicted octanol–water partition coefficient (Wildman–Crippen LogP) is 5.34. The average molecular weight is 506 g/mol. The number of carbonyl (C=O) groups is 2. The van der Waals surface area contributed by atoms with E-state index in [1.54, 1.807) is 0 Å². The third-order valence-corrected chi connectivity index (χ3v) is 7.65. The van der Waals surface area contributed by atoms with Crippen LogP contribution in [0, 0.1) is 6.92 Å². The van der Waals surface area contributed by atoms with E-state index in [1.807, 2.05) is 72.7 Å². The first kappa shape index (κ1) is 24.0. The van der Waals surface area contributed by atoms with Gasteiger partial charge in [-0.05, 0) is 62.1 Å². The number of nitrogens with zero attached hydrogens (tertiary/aromatic N) is 2. The second kappa shape index (κ2) is 10.2. The van der Waals surface area contributed by atoms with Gasteiger partial charge in [-0.25, -0.2) is 0 Å². The van der Waals surface area contributed by atoms with E-state index in [-0.39, 0.29) is 17.7 Å². The number of carbonyl (C=O) groups excluding carboxylic acids is 2. The van der Waals surface area contributed by atoms with Gasteiger partial charge in [-0.3, -0.25) is 14.6 Å². The van der Waals surface area contributed by atoms with Gasteiger partial charge in [0.25, 0.3) is 11.8 Å². The Morgan fingerprint density at radius 2 is 1.82 bits per heavy atom. The molecule has 1 aliphatic heterocycles. The van der Waals surface area contributed by atoms with Crippen LogP contribution in [0.1, 0.15) is 56.4 Å². The number of nitrogens with one attached hydrogen (secondary N) is 3. The molecule has 1 saturated heterocycles. The molecule has 0 radical (unpaired) electrons. The van der Waals surface area contributed by atoms with Gasteiger partial charge in [0.05, 0.1) is 22.3 Å². The summed E-state index contributed by atoms with van der Waals surface area (Å²) in [6.45, 7) is 3.78. The molecule has 0 saturated carbocycles. The van der Waals surface area contributed by atoms with Gasteiger partial charge in [0.1, 0.15) is 0 Å². The number of para-hydroxylation sites is 2. The lowest BCUT2D eigenvalue weighted by molar-refractivity contribution is 0.0712. The van der Waals surface area contributed by atoms with Gasteiger partial charge in [0, 0.05) is 59.9 Å². The van der Waals surface area contributed by atoms with Crippen LogP contribution in [0.2, 0.25) is 0 Å². The Kier molecular flexibility index (Phi) is 6.42. The minimum absolute atomic E-state index is 0.0453. The van der Waals surface area contributed by atoms with E-state index in [1.165, 1.54) is 10.9 Å². The maximum absolute atomic E-state index is 13.3. The van der Waals surface area contributed by atoms with E-state index in [4.69, 9.17) is 4.98 Å². The van der Waals surface area contributed by atoms with Gasteiger partial charge in [-0.2, -0.15) is 0 Å². The van der Waals surface area contributed by atoms with Crippen molar-refractivity contribution in [2.75, 3.05) is 19.6 Å². The largest absolute Gasteiger partial charge is 0.361 e. The number of fused-ring (bicyclic) bond motifs is 2. The molecule has 2 aromatic carbocycles. The van der Waals surface area contributed by atoms with E-state index < -0.39 is 0 Å². The third kappa shape index (κ3) is 4.56. The molecule has 0 unspecified atom stereocenters.